The molecule has 0 radical (unpaired) electrons. The molecule has 0 aromatic carbocycles. The predicted molar refractivity (Wildman–Crippen MR) is 52.3 cm³/mol. The van der Waals surface area contributed by atoms with Gasteiger partial charge in [-0.15, -0.1) is 0 Å². The van der Waals surface area contributed by atoms with Gasteiger partial charge in [-0.2, -0.15) is 5.10 Å². The van der Waals surface area contributed by atoms with Gasteiger partial charge in [-0.25, -0.2) is 9.67 Å². The zero-order chi connectivity index (χ0) is 9.97. The lowest BCUT2D eigenvalue weighted by atomic mass is 10.3. The van der Waals surface area contributed by atoms with Gasteiger partial charge in [-0.3, -0.25) is 0 Å². The highest BCUT2D eigenvalue weighted by atomic mass is 35.5. The third-order valence-electron chi connectivity index (χ3n) is 1.78. The number of hydrogen-bond acceptors (Lipinski definition) is 3. The molecule has 14 heavy (non-hydrogen) atoms. The first-order valence-corrected chi connectivity index (χ1v) is 4.44. The highest BCUT2D eigenvalue weighted by Crippen LogP contribution is 2.10. The zero-order valence-electron chi connectivity index (χ0n) is 7.26. The Bertz CT molecular complexity index is 441. The molecule has 0 fully saturated rings. The van der Waals surface area contributed by atoms with Crippen molar-refractivity contribution in [1.29, 1.82) is 0 Å². The van der Waals surface area contributed by atoms with Crippen LogP contribution in [0.4, 0.5) is 0 Å². The third-order valence-corrected chi connectivity index (χ3v) is 1.97. The quantitative estimate of drug-likeness (QED) is 0.814. The fourth-order valence-electron chi connectivity index (χ4n) is 1.11. The summed E-state index contributed by atoms with van der Waals surface area (Å²) < 4.78 is 1.56. The molecule has 0 unspecified atom stereocenters. The Morgan fingerprint density at radius 2 is 2.36 bits per heavy atom. The lowest BCUT2D eigenvalue weighted by Gasteiger charge is -2.01. The molecule has 0 spiro atoms. The number of aliphatic hydroxyl groups is 1. The van der Waals surface area contributed by atoms with E-state index in [-0.39, 0.29) is 6.61 Å². The third kappa shape index (κ3) is 1.76. The normalized spacial score (nSPS) is 10.4. The Morgan fingerprint density at radius 1 is 1.50 bits per heavy atom. The average molecular weight is 210 g/mol. The Labute approximate surface area is 85.8 Å². The number of aromatic nitrogens is 3. The topological polar surface area (TPSA) is 50.9 Å². The minimum absolute atomic E-state index is 0.00940. The molecule has 2 aromatic rings. The van der Waals surface area contributed by atoms with Crippen LogP contribution in [0.5, 0.6) is 0 Å². The largest absolute Gasteiger partial charge is 0.392 e. The Hall–Kier alpha value is -1.39. The van der Waals surface area contributed by atoms with Gasteiger partial charge in [0.05, 0.1) is 24.0 Å². The monoisotopic (exact) mass is 209 g/mol. The van der Waals surface area contributed by atoms with Crippen molar-refractivity contribution in [1.82, 2.24) is 14.8 Å². The predicted octanol–water partition coefficient (Wildman–Crippen LogP) is 1.41. The summed E-state index contributed by atoms with van der Waals surface area (Å²) >= 11 is 5.72. The van der Waals surface area contributed by atoms with E-state index >= 15 is 0 Å². The number of rotatable bonds is 2. The molecule has 0 atom stereocenters. The first-order valence-electron chi connectivity index (χ1n) is 4.06. The van der Waals surface area contributed by atoms with Gasteiger partial charge in [0.1, 0.15) is 0 Å². The summed E-state index contributed by atoms with van der Waals surface area (Å²) in [4.78, 5) is 4.10. The van der Waals surface area contributed by atoms with Gasteiger partial charge < -0.3 is 5.11 Å². The van der Waals surface area contributed by atoms with E-state index < -0.39 is 0 Å². The molecule has 0 saturated heterocycles. The van der Waals surface area contributed by atoms with Crippen molar-refractivity contribution in [2.24, 2.45) is 0 Å². The minimum atomic E-state index is -0.00940. The Morgan fingerprint density at radius 3 is 3.00 bits per heavy atom. The summed E-state index contributed by atoms with van der Waals surface area (Å²) in [5.74, 6) is 0.642. The van der Waals surface area contributed by atoms with E-state index in [1.165, 1.54) is 6.20 Å². The van der Waals surface area contributed by atoms with Crippen molar-refractivity contribution in [3.05, 3.63) is 41.3 Å². The second-order valence-electron chi connectivity index (χ2n) is 2.78. The first-order chi connectivity index (χ1) is 6.79. The smallest absolute Gasteiger partial charge is 0.153 e. The lowest BCUT2D eigenvalue weighted by Crippen LogP contribution is -1.98. The lowest BCUT2D eigenvalue weighted by molar-refractivity contribution is 0.281. The second-order valence-corrected chi connectivity index (χ2v) is 3.22. The molecule has 0 aliphatic heterocycles. The van der Waals surface area contributed by atoms with Crippen LogP contribution in [-0.4, -0.2) is 19.9 Å². The first kappa shape index (κ1) is 9.18. The minimum Gasteiger partial charge on any atom is -0.392 e. The van der Waals surface area contributed by atoms with E-state index in [1.807, 2.05) is 0 Å². The number of halogens is 1. The van der Waals surface area contributed by atoms with Crippen LogP contribution in [0.25, 0.3) is 5.82 Å². The van der Waals surface area contributed by atoms with Gasteiger partial charge in [0.2, 0.25) is 0 Å². The molecule has 0 amide bonds. The van der Waals surface area contributed by atoms with Crippen LogP contribution in [0.1, 0.15) is 5.56 Å². The van der Waals surface area contributed by atoms with Crippen LogP contribution >= 0.6 is 11.6 Å². The maximum Gasteiger partial charge on any atom is 0.153 e. The molecule has 0 aliphatic carbocycles. The number of pyridine rings is 1. The van der Waals surface area contributed by atoms with Crippen LogP contribution in [0.15, 0.2) is 30.7 Å². The van der Waals surface area contributed by atoms with Crippen molar-refractivity contribution in [2.45, 2.75) is 6.61 Å². The van der Waals surface area contributed by atoms with Gasteiger partial charge in [-0.1, -0.05) is 11.6 Å². The number of hydrogen-bond donors (Lipinski definition) is 1. The highest BCUT2D eigenvalue weighted by molar-refractivity contribution is 6.30. The van der Waals surface area contributed by atoms with E-state index in [2.05, 4.69) is 10.1 Å². The van der Waals surface area contributed by atoms with Crippen LogP contribution in [0, 0.1) is 0 Å². The molecule has 0 saturated carbocycles. The maximum absolute atomic E-state index is 8.93. The van der Waals surface area contributed by atoms with Gasteiger partial charge in [0, 0.05) is 6.20 Å². The summed E-state index contributed by atoms with van der Waals surface area (Å²) in [5.41, 5.74) is 0.793. The second kappa shape index (κ2) is 3.77. The number of aliphatic hydroxyl groups excluding tert-OH is 1. The molecule has 0 aliphatic rings. The van der Waals surface area contributed by atoms with E-state index in [1.54, 1.807) is 29.2 Å². The summed E-state index contributed by atoms with van der Waals surface area (Å²) in [6.45, 7) is -0.00940. The zero-order valence-corrected chi connectivity index (χ0v) is 8.02. The van der Waals surface area contributed by atoms with Gasteiger partial charge in [0.25, 0.3) is 0 Å². The van der Waals surface area contributed by atoms with Crippen LogP contribution < -0.4 is 0 Å². The van der Waals surface area contributed by atoms with Crippen LogP contribution in [-0.2, 0) is 6.61 Å². The molecular weight excluding hydrogens is 202 g/mol. The summed E-state index contributed by atoms with van der Waals surface area (Å²) in [6.07, 6.45) is 4.82. The summed E-state index contributed by atoms with van der Waals surface area (Å²) in [5, 5.41) is 13.5. The van der Waals surface area contributed by atoms with Crippen molar-refractivity contribution in [2.75, 3.05) is 0 Å². The molecule has 72 valence electrons. The molecule has 1 N–H and O–H groups in total. The van der Waals surface area contributed by atoms with E-state index in [0.717, 1.165) is 5.56 Å². The molecule has 2 heterocycles. The van der Waals surface area contributed by atoms with Crippen molar-refractivity contribution in [3.8, 4) is 5.82 Å². The van der Waals surface area contributed by atoms with Crippen molar-refractivity contribution < 1.29 is 5.11 Å². The molecule has 4 nitrogen and oxygen atoms in total. The molecule has 2 rings (SSSR count). The standard InChI is InChI=1S/C9H8ClN3O/c10-8-4-12-13(5-8)9-3-7(6-14)1-2-11-9/h1-5,14H,6H2. The molecule has 5 heteroatoms. The van der Waals surface area contributed by atoms with Crippen molar-refractivity contribution in [3.63, 3.8) is 0 Å². The Kier molecular flexibility index (Phi) is 2.47. The SMILES string of the molecule is OCc1ccnc(-n2cc(Cl)cn2)c1. The van der Waals surface area contributed by atoms with Crippen LogP contribution in [0.3, 0.4) is 0 Å². The summed E-state index contributed by atoms with van der Waals surface area (Å²) in [6, 6.07) is 3.50. The van der Waals surface area contributed by atoms with Crippen LogP contribution in [0.2, 0.25) is 5.02 Å². The van der Waals surface area contributed by atoms with Gasteiger partial charge in [-0.05, 0) is 17.7 Å². The fraction of sp³-hybridized carbons (Fsp3) is 0.111. The van der Waals surface area contributed by atoms with Crippen molar-refractivity contribution >= 4 is 11.6 Å². The molecular formula is C9H8ClN3O. The molecule has 0 bridgehead atoms. The Balaban J connectivity index is 2.41. The highest BCUT2D eigenvalue weighted by Gasteiger charge is 2.00. The van der Waals surface area contributed by atoms with Gasteiger partial charge >= 0.3 is 0 Å². The van der Waals surface area contributed by atoms with E-state index in [9.17, 15) is 0 Å². The maximum atomic E-state index is 8.93. The van der Waals surface area contributed by atoms with E-state index in [4.69, 9.17) is 16.7 Å². The van der Waals surface area contributed by atoms with Gasteiger partial charge in [0.15, 0.2) is 5.82 Å². The summed E-state index contributed by atoms with van der Waals surface area (Å²) in [7, 11) is 0. The fourth-order valence-corrected chi connectivity index (χ4v) is 1.25. The van der Waals surface area contributed by atoms with E-state index in [0.29, 0.717) is 10.8 Å². The molecule has 2 aromatic heterocycles. The average Bonchev–Trinajstić information content (AvgIpc) is 2.65. The number of nitrogens with zero attached hydrogens (tertiary/aromatic N) is 3.